The Morgan fingerprint density at radius 3 is 2.40 bits per heavy atom. The molecule has 0 saturated heterocycles. The standard InChI is InChI=1S/C26H21F3N4O2/c1-32-14-21-20-13-17(25(35)30-22(15-34)16-5-3-2-4-6-16)7-12-23(20)33(24(21)31-32)19-10-8-18(9-11-19)26(27,28)29/h2-14,22,34H,15H2,1H3,(H,30,35)/t22-/m0/s1. The van der Waals surface area contributed by atoms with Crippen LogP contribution in [0.4, 0.5) is 13.2 Å². The monoisotopic (exact) mass is 478 g/mol. The summed E-state index contributed by atoms with van der Waals surface area (Å²) in [5.74, 6) is -0.353. The van der Waals surface area contributed by atoms with Gasteiger partial charge in [-0.25, -0.2) is 0 Å². The third-order valence-corrected chi connectivity index (χ3v) is 5.95. The molecule has 0 aliphatic carbocycles. The number of aliphatic hydroxyl groups excluding tert-OH is 1. The van der Waals surface area contributed by atoms with Crippen molar-refractivity contribution in [2.45, 2.75) is 12.2 Å². The average Bonchev–Trinajstić information content (AvgIpc) is 3.36. The Kier molecular flexibility index (Phi) is 5.56. The molecule has 5 aromatic rings. The summed E-state index contributed by atoms with van der Waals surface area (Å²) < 4.78 is 42.5. The van der Waals surface area contributed by atoms with Crippen LogP contribution in [0.5, 0.6) is 0 Å². The van der Waals surface area contributed by atoms with Gasteiger partial charge in [-0.3, -0.25) is 14.0 Å². The second kappa shape index (κ2) is 8.59. The largest absolute Gasteiger partial charge is 0.416 e. The quantitative estimate of drug-likeness (QED) is 0.374. The van der Waals surface area contributed by atoms with E-state index in [1.54, 1.807) is 40.7 Å². The number of nitrogens with zero attached hydrogens (tertiary/aromatic N) is 3. The molecule has 2 heterocycles. The smallest absolute Gasteiger partial charge is 0.394 e. The first-order chi connectivity index (χ1) is 16.8. The summed E-state index contributed by atoms with van der Waals surface area (Å²) in [5, 5.41) is 18.6. The van der Waals surface area contributed by atoms with Gasteiger partial charge in [-0.15, -0.1) is 0 Å². The van der Waals surface area contributed by atoms with Crippen LogP contribution in [0.2, 0.25) is 0 Å². The molecular formula is C26H21F3N4O2. The van der Waals surface area contributed by atoms with Crippen LogP contribution < -0.4 is 5.32 Å². The molecule has 1 amide bonds. The van der Waals surface area contributed by atoms with Crippen LogP contribution in [0.25, 0.3) is 27.6 Å². The van der Waals surface area contributed by atoms with Gasteiger partial charge in [0.1, 0.15) is 0 Å². The summed E-state index contributed by atoms with van der Waals surface area (Å²) in [6, 6.07) is 18.6. The molecule has 0 unspecified atom stereocenters. The fraction of sp³-hybridized carbons (Fsp3) is 0.154. The Hall–Kier alpha value is -4.11. The summed E-state index contributed by atoms with van der Waals surface area (Å²) in [6.45, 7) is -0.255. The van der Waals surface area contributed by atoms with Crippen molar-refractivity contribution in [1.82, 2.24) is 19.7 Å². The average molecular weight is 478 g/mol. The van der Waals surface area contributed by atoms with E-state index in [1.165, 1.54) is 12.1 Å². The minimum absolute atomic E-state index is 0.255. The van der Waals surface area contributed by atoms with Crippen LogP contribution in [0, 0.1) is 0 Å². The maximum absolute atomic E-state index is 13.0. The summed E-state index contributed by atoms with van der Waals surface area (Å²) >= 11 is 0. The highest BCUT2D eigenvalue weighted by molar-refractivity contribution is 6.10. The molecule has 0 radical (unpaired) electrons. The number of hydrogen-bond donors (Lipinski definition) is 2. The molecule has 0 bridgehead atoms. The van der Waals surface area contributed by atoms with E-state index in [1.807, 2.05) is 30.3 Å². The number of nitrogens with one attached hydrogen (secondary N) is 1. The second-order valence-corrected chi connectivity index (χ2v) is 8.27. The molecule has 0 aliphatic rings. The lowest BCUT2D eigenvalue weighted by atomic mass is 10.1. The van der Waals surface area contributed by atoms with E-state index in [2.05, 4.69) is 10.4 Å². The molecule has 178 valence electrons. The fourth-order valence-corrected chi connectivity index (χ4v) is 4.26. The Bertz CT molecular complexity index is 1520. The maximum Gasteiger partial charge on any atom is 0.416 e. The molecule has 2 aromatic heterocycles. The number of hydrogen-bond acceptors (Lipinski definition) is 3. The zero-order valence-corrected chi connectivity index (χ0v) is 18.6. The first-order valence-corrected chi connectivity index (χ1v) is 10.9. The summed E-state index contributed by atoms with van der Waals surface area (Å²) in [5.41, 5.74) is 2.25. The van der Waals surface area contributed by atoms with Gasteiger partial charge in [-0.2, -0.15) is 18.3 Å². The first kappa shape index (κ1) is 22.7. The minimum atomic E-state index is -4.42. The number of fused-ring (bicyclic) bond motifs is 3. The minimum Gasteiger partial charge on any atom is -0.394 e. The predicted molar refractivity (Wildman–Crippen MR) is 126 cm³/mol. The SMILES string of the molecule is Cn1cc2c3cc(C(=O)N[C@@H](CO)c4ccccc4)ccc3n(-c3ccc(C(F)(F)F)cc3)c2n1. The summed E-state index contributed by atoms with van der Waals surface area (Å²) in [4.78, 5) is 13.0. The number of aromatic nitrogens is 3. The third-order valence-electron chi connectivity index (χ3n) is 5.95. The van der Waals surface area contributed by atoms with Gasteiger partial charge in [-0.1, -0.05) is 30.3 Å². The van der Waals surface area contributed by atoms with Crippen molar-refractivity contribution in [3.8, 4) is 5.69 Å². The zero-order chi connectivity index (χ0) is 24.7. The van der Waals surface area contributed by atoms with E-state index < -0.39 is 17.8 Å². The van der Waals surface area contributed by atoms with Gasteiger partial charge in [0.15, 0.2) is 5.65 Å². The number of halogens is 3. The van der Waals surface area contributed by atoms with Gasteiger partial charge >= 0.3 is 6.18 Å². The van der Waals surface area contributed by atoms with Gasteiger partial charge < -0.3 is 10.4 Å². The Morgan fingerprint density at radius 1 is 1.03 bits per heavy atom. The first-order valence-electron chi connectivity index (χ1n) is 10.9. The lowest BCUT2D eigenvalue weighted by molar-refractivity contribution is -0.137. The highest BCUT2D eigenvalue weighted by Gasteiger charge is 2.30. The van der Waals surface area contributed by atoms with Crippen molar-refractivity contribution in [2.24, 2.45) is 7.05 Å². The van der Waals surface area contributed by atoms with Gasteiger partial charge in [0, 0.05) is 35.3 Å². The van der Waals surface area contributed by atoms with E-state index in [0.717, 1.165) is 28.5 Å². The number of aryl methyl sites for hydroxylation is 1. The topological polar surface area (TPSA) is 72.1 Å². The van der Waals surface area contributed by atoms with E-state index in [0.29, 0.717) is 22.4 Å². The molecule has 0 saturated carbocycles. The second-order valence-electron chi connectivity index (χ2n) is 8.27. The van der Waals surface area contributed by atoms with Crippen LogP contribution in [0.1, 0.15) is 27.5 Å². The zero-order valence-electron chi connectivity index (χ0n) is 18.6. The van der Waals surface area contributed by atoms with Crippen molar-refractivity contribution in [3.05, 3.63) is 95.7 Å². The summed E-state index contributed by atoms with van der Waals surface area (Å²) in [6.07, 6.45) is -2.62. The molecular weight excluding hydrogens is 457 g/mol. The Morgan fingerprint density at radius 2 is 1.74 bits per heavy atom. The van der Waals surface area contributed by atoms with Crippen LogP contribution in [-0.4, -0.2) is 32.0 Å². The highest BCUT2D eigenvalue weighted by Crippen LogP contribution is 2.34. The van der Waals surface area contributed by atoms with Crippen molar-refractivity contribution >= 4 is 27.8 Å². The van der Waals surface area contributed by atoms with Gasteiger partial charge in [0.25, 0.3) is 5.91 Å². The summed E-state index contributed by atoms with van der Waals surface area (Å²) in [7, 11) is 1.76. The fourth-order valence-electron chi connectivity index (χ4n) is 4.26. The predicted octanol–water partition coefficient (Wildman–Crippen LogP) is 5.00. The van der Waals surface area contributed by atoms with Crippen LogP contribution in [0.15, 0.2) is 79.0 Å². The molecule has 0 spiro atoms. The molecule has 1 atom stereocenters. The molecule has 3 aromatic carbocycles. The van der Waals surface area contributed by atoms with Crippen molar-refractivity contribution in [3.63, 3.8) is 0 Å². The van der Waals surface area contributed by atoms with Crippen molar-refractivity contribution in [2.75, 3.05) is 6.61 Å². The van der Waals surface area contributed by atoms with E-state index in [-0.39, 0.29) is 12.5 Å². The van der Waals surface area contributed by atoms with Gasteiger partial charge in [0.2, 0.25) is 0 Å². The Balaban J connectivity index is 1.56. The number of aliphatic hydroxyl groups is 1. The number of benzene rings is 3. The number of rotatable bonds is 5. The molecule has 2 N–H and O–H groups in total. The number of amides is 1. The number of carbonyl (C=O) groups excluding carboxylic acids is 1. The molecule has 0 aliphatic heterocycles. The third kappa shape index (κ3) is 4.15. The highest BCUT2D eigenvalue weighted by atomic mass is 19.4. The van der Waals surface area contributed by atoms with Crippen molar-refractivity contribution < 1.29 is 23.1 Å². The lowest BCUT2D eigenvalue weighted by Gasteiger charge is -2.17. The van der Waals surface area contributed by atoms with E-state index >= 15 is 0 Å². The number of carbonyl (C=O) groups is 1. The van der Waals surface area contributed by atoms with Crippen LogP contribution in [0.3, 0.4) is 0 Å². The lowest BCUT2D eigenvalue weighted by Crippen LogP contribution is -2.30. The molecule has 6 nitrogen and oxygen atoms in total. The molecule has 0 fully saturated rings. The molecule has 9 heteroatoms. The van der Waals surface area contributed by atoms with Gasteiger partial charge in [-0.05, 0) is 48.0 Å². The van der Waals surface area contributed by atoms with Gasteiger partial charge in [0.05, 0.1) is 23.7 Å². The Labute approximate surface area is 198 Å². The van der Waals surface area contributed by atoms with Crippen molar-refractivity contribution in [1.29, 1.82) is 0 Å². The van der Waals surface area contributed by atoms with Crippen LogP contribution >= 0.6 is 0 Å². The van der Waals surface area contributed by atoms with E-state index in [4.69, 9.17) is 0 Å². The molecule has 5 rings (SSSR count). The van der Waals surface area contributed by atoms with Crippen LogP contribution in [-0.2, 0) is 13.2 Å². The molecule has 35 heavy (non-hydrogen) atoms. The van der Waals surface area contributed by atoms with E-state index in [9.17, 15) is 23.1 Å². The maximum atomic E-state index is 13.0. The normalized spacial score (nSPS) is 12.8. The number of alkyl halides is 3.